The predicted octanol–water partition coefficient (Wildman–Crippen LogP) is 18.1. The van der Waals surface area contributed by atoms with E-state index in [1.54, 1.807) is 11.8 Å². The molecule has 0 radical (unpaired) electrons. The highest BCUT2D eigenvalue weighted by Gasteiger charge is 2.50. The van der Waals surface area contributed by atoms with Gasteiger partial charge in [0.2, 0.25) is 0 Å². The van der Waals surface area contributed by atoms with Crippen molar-refractivity contribution in [3.05, 3.63) is 252 Å². The first kappa shape index (κ1) is 38.9. The summed E-state index contributed by atoms with van der Waals surface area (Å²) in [6, 6.07) is 79.3. The smallest absolute Gasteiger partial charge is 0.145 e. The lowest BCUT2D eigenvalue weighted by atomic mass is 9.65. The quantitative estimate of drug-likeness (QED) is 0.175. The number of hydrogen-bond donors (Lipinski definition) is 0. The predicted molar refractivity (Wildman–Crippen MR) is 284 cm³/mol. The molecule has 4 nitrogen and oxygen atoms in total. The van der Waals surface area contributed by atoms with Gasteiger partial charge in [-0.15, -0.1) is 0 Å². The van der Waals surface area contributed by atoms with Gasteiger partial charge in [-0.2, -0.15) is 0 Å². The zero-order valence-electron chi connectivity index (χ0n) is 37.0. The molecule has 3 heterocycles. The lowest BCUT2D eigenvalue weighted by Crippen LogP contribution is -2.30. The molecule has 0 bridgehead atoms. The normalized spacial score (nSPS) is 14.1. The largest absolute Gasteiger partial charge is 0.455 e. The minimum atomic E-state index is -0.738. The second-order valence-electron chi connectivity index (χ2n) is 17.9. The van der Waals surface area contributed by atoms with Crippen LogP contribution in [0.5, 0.6) is 11.5 Å². The summed E-state index contributed by atoms with van der Waals surface area (Å²) >= 11 is 3.61. The van der Waals surface area contributed by atoms with Gasteiger partial charge in [-0.25, -0.2) is 0 Å². The minimum absolute atomic E-state index is 0.738. The van der Waals surface area contributed by atoms with E-state index >= 15 is 0 Å². The fraction of sp³-hybridized carbons (Fsp3) is 0.0159. The molecule has 0 unspecified atom stereocenters. The number of para-hydroxylation sites is 5. The number of hydrogen-bond acceptors (Lipinski definition) is 6. The van der Waals surface area contributed by atoms with E-state index in [-0.39, 0.29) is 0 Å². The average Bonchev–Trinajstić information content (AvgIpc) is 3.89. The van der Waals surface area contributed by atoms with E-state index in [9.17, 15) is 0 Å². The van der Waals surface area contributed by atoms with Crippen LogP contribution in [0.15, 0.2) is 242 Å². The van der Waals surface area contributed by atoms with Crippen LogP contribution in [0.4, 0.5) is 34.1 Å². The average molecular weight is 919 g/mol. The number of nitrogens with zero attached hydrogens (tertiary/aromatic N) is 2. The van der Waals surface area contributed by atoms with Crippen molar-refractivity contribution in [2.24, 2.45) is 0 Å². The first-order valence-corrected chi connectivity index (χ1v) is 24.9. The Morgan fingerprint density at radius 3 is 1.84 bits per heavy atom. The Balaban J connectivity index is 1.04. The van der Waals surface area contributed by atoms with E-state index in [4.69, 9.17) is 9.15 Å². The molecule has 0 N–H and O–H groups in total. The third-order valence-corrected chi connectivity index (χ3v) is 16.5. The van der Waals surface area contributed by atoms with Crippen LogP contribution >= 0.6 is 23.5 Å². The molecule has 2 aliphatic heterocycles. The molecule has 4 aliphatic rings. The Bertz CT molecular complexity index is 3890. The maximum absolute atomic E-state index is 7.26. The first-order valence-electron chi connectivity index (χ1n) is 23.3. The summed E-state index contributed by atoms with van der Waals surface area (Å²) in [5, 5.41) is 2.16. The maximum Gasteiger partial charge on any atom is 0.145 e. The number of ether oxygens (including phenoxy) is 1. The lowest BCUT2D eigenvalue weighted by molar-refractivity contribution is 0.453. The number of furan rings is 1. The Morgan fingerprint density at radius 2 is 1.06 bits per heavy atom. The Labute approximate surface area is 407 Å². The molecule has 324 valence electrons. The van der Waals surface area contributed by atoms with E-state index in [0.29, 0.717) is 0 Å². The number of anilines is 6. The molecule has 2 aliphatic carbocycles. The maximum atomic E-state index is 7.26. The van der Waals surface area contributed by atoms with Crippen LogP contribution in [-0.4, -0.2) is 0 Å². The van der Waals surface area contributed by atoms with Crippen molar-refractivity contribution in [1.29, 1.82) is 0 Å². The van der Waals surface area contributed by atoms with Crippen molar-refractivity contribution in [2.45, 2.75) is 25.0 Å². The molecule has 0 atom stereocenters. The standard InChI is InChI=1S/C63H38N2O2S2/c1-3-17-40(18-4-1)64(41-19-5-2-6-20-41)42-32-34-52-59(36-42)68-57-29-15-12-26-51(57)65(52)53-37-50-45(62-61(53)46-23-9-13-27-54(46)67-62)33-31-39-35-56-60(69-58-30-16-14-28-55(58)66-56)38-49(39)63(50)47-24-10-7-21-43(47)44-22-8-11-25-48(44)63/h1-38H. The number of fused-ring (bicyclic) bond motifs is 17. The van der Waals surface area contributed by atoms with Gasteiger partial charge in [0.05, 0.1) is 37.7 Å². The van der Waals surface area contributed by atoms with Gasteiger partial charge in [0.15, 0.2) is 0 Å². The van der Waals surface area contributed by atoms with Gasteiger partial charge in [0, 0.05) is 37.8 Å². The zero-order chi connectivity index (χ0) is 45.2. The zero-order valence-corrected chi connectivity index (χ0v) is 38.6. The van der Waals surface area contributed by atoms with E-state index in [1.165, 1.54) is 43.2 Å². The Morgan fingerprint density at radius 1 is 0.420 bits per heavy atom. The SMILES string of the molecule is C1=Cc2c(cc(N3c4ccccc4Sc4cc(N(c5ccccc5)c5ccccc5)ccc43)c3c2oc2ccccc23)C2(c3cc4c(cc31)Oc1ccccc1S4)c1ccccc1-c1ccccc12. The fourth-order valence-electron chi connectivity index (χ4n) is 11.5. The monoisotopic (exact) mass is 918 g/mol. The molecule has 0 fully saturated rings. The van der Waals surface area contributed by atoms with Crippen LogP contribution in [0.2, 0.25) is 0 Å². The molecular weight excluding hydrogens is 881 g/mol. The van der Waals surface area contributed by atoms with Gasteiger partial charge in [-0.3, -0.25) is 0 Å². The highest BCUT2D eigenvalue weighted by molar-refractivity contribution is 8.00. The van der Waals surface area contributed by atoms with Crippen molar-refractivity contribution in [3.63, 3.8) is 0 Å². The van der Waals surface area contributed by atoms with Gasteiger partial charge in [0.1, 0.15) is 22.7 Å². The minimum Gasteiger partial charge on any atom is -0.455 e. The summed E-state index contributed by atoms with van der Waals surface area (Å²) in [6.45, 7) is 0. The first-order chi connectivity index (χ1) is 34.2. The second kappa shape index (κ2) is 14.9. The van der Waals surface area contributed by atoms with Crippen LogP contribution in [0.1, 0.15) is 33.4 Å². The molecule has 10 aromatic carbocycles. The highest BCUT2D eigenvalue weighted by atomic mass is 32.2. The summed E-state index contributed by atoms with van der Waals surface area (Å²) in [6.07, 6.45) is 4.60. The topological polar surface area (TPSA) is 28.9 Å². The van der Waals surface area contributed by atoms with Crippen LogP contribution < -0.4 is 14.5 Å². The van der Waals surface area contributed by atoms with Gasteiger partial charge in [0.25, 0.3) is 0 Å². The van der Waals surface area contributed by atoms with Crippen LogP contribution in [-0.2, 0) is 5.41 Å². The molecule has 1 spiro atoms. The number of rotatable bonds is 4. The van der Waals surface area contributed by atoms with Gasteiger partial charge in [-0.05, 0) is 130 Å². The van der Waals surface area contributed by atoms with E-state index in [2.05, 4.69) is 234 Å². The lowest BCUT2D eigenvalue weighted by Gasteiger charge is -2.38. The summed E-state index contributed by atoms with van der Waals surface area (Å²) in [5.41, 5.74) is 17.1. The third kappa shape index (κ3) is 5.61. The van der Waals surface area contributed by atoms with Gasteiger partial charge >= 0.3 is 0 Å². The van der Waals surface area contributed by atoms with Crippen molar-refractivity contribution in [1.82, 2.24) is 0 Å². The summed E-state index contributed by atoms with van der Waals surface area (Å²) in [7, 11) is 0. The molecule has 0 saturated heterocycles. The number of benzene rings is 10. The molecule has 6 heteroatoms. The van der Waals surface area contributed by atoms with Crippen molar-refractivity contribution in [2.75, 3.05) is 9.80 Å². The molecule has 69 heavy (non-hydrogen) atoms. The van der Waals surface area contributed by atoms with E-state index < -0.39 is 5.41 Å². The highest BCUT2D eigenvalue weighted by Crippen LogP contribution is 2.63. The molecule has 1 aromatic heterocycles. The summed E-state index contributed by atoms with van der Waals surface area (Å²) in [5.74, 6) is 1.75. The van der Waals surface area contributed by atoms with Crippen molar-refractivity contribution >= 4 is 91.7 Å². The van der Waals surface area contributed by atoms with Crippen LogP contribution in [0.25, 0.3) is 45.2 Å². The molecule has 11 aromatic rings. The molecule has 0 amide bonds. The van der Waals surface area contributed by atoms with E-state index in [0.717, 1.165) is 88.5 Å². The fourth-order valence-corrected chi connectivity index (χ4v) is 13.5. The third-order valence-electron chi connectivity index (χ3n) is 14.3. The van der Waals surface area contributed by atoms with Crippen LogP contribution in [0, 0.1) is 0 Å². The molecule has 0 saturated carbocycles. The van der Waals surface area contributed by atoms with E-state index in [1.807, 2.05) is 17.8 Å². The van der Waals surface area contributed by atoms with Crippen molar-refractivity contribution < 1.29 is 9.15 Å². The van der Waals surface area contributed by atoms with Gasteiger partial charge < -0.3 is 19.0 Å². The van der Waals surface area contributed by atoms with Gasteiger partial charge in [-0.1, -0.05) is 163 Å². The molecule has 15 rings (SSSR count). The Hall–Kier alpha value is -8.16. The Kier molecular flexibility index (Phi) is 8.41. The van der Waals surface area contributed by atoms with Crippen molar-refractivity contribution in [3.8, 4) is 22.6 Å². The second-order valence-corrected chi connectivity index (χ2v) is 20.1. The molecular formula is C63H38N2O2S2. The van der Waals surface area contributed by atoms with Crippen LogP contribution in [0.3, 0.4) is 0 Å². The summed E-state index contributed by atoms with van der Waals surface area (Å²) < 4.78 is 14.0. The summed E-state index contributed by atoms with van der Waals surface area (Å²) in [4.78, 5) is 9.42.